The van der Waals surface area contributed by atoms with Gasteiger partial charge in [-0.1, -0.05) is 41.8 Å². The molecular weight excluding hydrogens is 380 g/mol. The number of rotatable bonds is 2. The van der Waals surface area contributed by atoms with Gasteiger partial charge in [0.2, 0.25) is 0 Å². The van der Waals surface area contributed by atoms with Crippen molar-refractivity contribution in [3.05, 3.63) is 11.6 Å². The van der Waals surface area contributed by atoms with Gasteiger partial charge in [-0.05, 0) is 67.8 Å². The van der Waals surface area contributed by atoms with E-state index in [0.29, 0.717) is 17.8 Å². The molecule has 0 amide bonds. The van der Waals surface area contributed by atoms with Gasteiger partial charge in [-0.3, -0.25) is 9.59 Å². The summed E-state index contributed by atoms with van der Waals surface area (Å²) in [7, 11) is 0. The fourth-order valence-electron chi connectivity index (χ4n) is 6.93. The lowest BCUT2D eigenvalue weighted by atomic mass is 9.47. The van der Waals surface area contributed by atoms with Crippen LogP contribution in [0.2, 0.25) is 0 Å². The van der Waals surface area contributed by atoms with Gasteiger partial charge in [-0.2, -0.15) is 0 Å². The summed E-state index contributed by atoms with van der Waals surface area (Å²) in [4.78, 5) is 24.3. The highest BCUT2D eigenvalue weighted by Crippen LogP contribution is 2.65. The van der Waals surface area contributed by atoms with Crippen LogP contribution in [0.1, 0.15) is 65.2 Å². The second-order valence-electron chi connectivity index (χ2n) is 9.24. The van der Waals surface area contributed by atoms with E-state index in [4.69, 9.17) is 4.74 Å². The molecule has 0 radical (unpaired) electrons. The van der Waals surface area contributed by atoms with E-state index in [1.165, 1.54) is 44.1 Å². The Bertz CT molecular complexity index is 627. The third-order valence-corrected chi connectivity index (χ3v) is 8.66. The summed E-state index contributed by atoms with van der Waals surface area (Å²) in [6, 6.07) is 0. The van der Waals surface area contributed by atoms with Crippen LogP contribution in [0, 0.1) is 28.6 Å². The number of hydrogen-bond acceptors (Lipinski definition) is 3. The number of alkyl halides is 1. The van der Waals surface area contributed by atoms with Crippen LogP contribution >= 0.6 is 15.9 Å². The standard InChI is InChI=1S/C21H29BrO3/c1-20-8-3-4-16(20)15-6-5-13-10-14(23)11-18(25-19(24)12-22)21(13,2)17(15)7-9-20/h10,15-18H,3-9,11-12H2,1-2H3/t15-,16-,17-,18?,20-,21-/m0/s1. The van der Waals surface area contributed by atoms with Crippen molar-refractivity contribution in [3.8, 4) is 0 Å². The molecule has 3 saturated carbocycles. The fourth-order valence-corrected chi connectivity index (χ4v) is 7.06. The summed E-state index contributed by atoms with van der Waals surface area (Å²) in [5, 5.41) is 0.196. The molecule has 0 saturated heterocycles. The topological polar surface area (TPSA) is 43.4 Å². The molecule has 6 atom stereocenters. The largest absolute Gasteiger partial charge is 0.460 e. The Kier molecular flexibility index (Phi) is 4.41. The number of carbonyl (C=O) groups is 2. The smallest absolute Gasteiger partial charge is 0.316 e. The van der Waals surface area contributed by atoms with Gasteiger partial charge in [-0.25, -0.2) is 0 Å². The van der Waals surface area contributed by atoms with Crippen LogP contribution < -0.4 is 0 Å². The highest BCUT2D eigenvalue weighted by atomic mass is 79.9. The number of esters is 1. The Labute approximate surface area is 159 Å². The van der Waals surface area contributed by atoms with Gasteiger partial charge in [0.1, 0.15) is 11.4 Å². The van der Waals surface area contributed by atoms with Crippen molar-refractivity contribution >= 4 is 27.7 Å². The van der Waals surface area contributed by atoms with E-state index < -0.39 is 0 Å². The van der Waals surface area contributed by atoms with E-state index in [0.717, 1.165) is 18.3 Å². The molecule has 0 aromatic heterocycles. The normalized spacial score (nSPS) is 45.9. The molecule has 4 rings (SSSR count). The van der Waals surface area contributed by atoms with Gasteiger partial charge in [0.05, 0.1) is 0 Å². The Hall–Kier alpha value is -0.640. The van der Waals surface area contributed by atoms with Crippen LogP contribution in [0.5, 0.6) is 0 Å². The first-order chi connectivity index (χ1) is 11.9. The zero-order chi connectivity index (χ0) is 17.8. The van der Waals surface area contributed by atoms with Gasteiger partial charge in [0.25, 0.3) is 0 Å². The minimum absolute atomic E-state index is 0.125. The molecule has 25 heavy (non-hydrogen) atoms. The van der Waals surface area contributed by atoms with Crippen LogP contribution in [0.15, 0.2) is 11.6 Å². The first-order valence-corrected chi connectivity index (χ1v) is 11.0. The fraction of sp³-hybridized carbons (Fsp3) is 0.810. The Morgan fingerprint density at radius 2 is 2.04 bits per heavy atom. The number of ketones is 1. The number of carbonyl (C=O) groups excluding carboxylic acids is 2. The highest BCUT2D eigenvalue weighted by Gasteiger charge is 2.59. The van der Waals surface area contributed by atoms with E-state index in [1.807, 2.05) is 6.08 Å². The monoisotopic (exact) mass is 408 g/mol. The molecule has 0 heterocycles. The number of halogens is 1. The number of ether oxygens (including phenoxy) is 1. The highest BCUT2D eigenvalue weighted by molar-refractivity contribution is 9.09. The molecule has 0 bridgehead atoms. The molecule has 0 aromatic carbocycles. The zero-order valence-corrected chi connectivity index (χ0v) is 16.9. The third kappa shape index (κ3) is 2.65. The average Bonchev–Trinajstić information content (AvgIpc) is 2.97. The zero-order valence-electron chi connectivity index (χ0n) is 15.4. The maximum atomic E-state index is 12.3. The maximum Gasteiger partial charge on any atom is 0.316 e. The summed E-state index contributed by atoms with van der Waals surface area (Å²) < 4.78 is 5.82. The second-order valence-corrected chi connectivity index (χ2v) is 9.80. The van der Waals surface area contributed by atoms with Gasteiger partial charge in [0, 0.05) is 11.8 Å². The molecule has 0 N–H and O–H groups in total. The minimum Gasteiger partial charge on any atom is -0.460 e. The molecule has 1 unspecified atom stereocenters. The lowest BCUT2D eigenvalue weighted by Crippen LogP contribution is -2.55. The van der Waals surface area contributed by atoms with Crippen molar-refractivity contribution in [2.24, 2.45) is 28.6 Å². The quantitative estimate of drug-likeness (QED) is 0.485. The van der Waals surface area contributed by atoms with Crippen molar-refractivity contribution < 1.29 is 14.3 Å². The van der Waals surface area contributed by atoms with E-state index in [-0.39, 0.29) is 28.6 Å². The van der Waals surface area contributed by atoms with E-state index in [9.17, 15) is 9.59 Å². The third-order valence-electron chi connectivity index (χ3n) is 8.20. The van der Waals surface area contributed by atoms with Crippen molar-refractivity contribution in [3.63, 3.8) is 0 Å². The first kappa shape index (κ1) is 17.8. The van der Waals surface area contributed by atoms with Gasteiger partial charge in [0.15, 0.2) is 5.78 Å². The first-order valence-electron chi connectivity index (χ1n) is 9.88. The molecule has 3 nitrogen and oxygen atoms in total. The van der Waals surface area contributed by atoms with Crippen LogP contribution in [-0.2, 0) is 14.3 Å². The lowest BCUT2D eigenvalue weighted by molar-refractivity contribution is -0.162. The predicted molar refractivity (Wildman–Crippen MR) is 100 cm³/mol. The van der Waals surface area contributed by atoms with Crippen molar-refractivity contribution in [2.45, 2.75) is 71.3 Å². The molecule has 138 valence electrons. The summed E-state index contributed by atoms with van der Waals surface area (Å²) in [6.45, 7) is 4.78. The van der Waals surface area contributed by atoms with E-state index in [1.54, 1.807) is 0 Å². The van der Waals surface area contributed by atoms with Crippen LogP contribution in [0.4, 0.5) is 0 Å². The van der Waals surface area contributed by atoms with Gasteiger partial charge < -0.3 is 4.74 Å². The molecule has 4 heteroatoms. The Balaban J connectivity index is 1.70. The average molecular weight is 409 g/mol. The summed E-state index contributed by atoms with van der Waals surface area (Å²) in [5.41, 5.74) is 1.61. The number of fused-ring (bicyclic) bond motifs is 5. The molecule has 3 fully saturated rings. The maximum absolute atomic E-state index is 12.3. The summed E-state index contributed by atoms with van der Waals surface area (Å²) in [5.74, 6) is 1.96. The van der Waals surface area contributed by atoms with Gasteiger partial charge in [-0.15, -0.1) is 0 Å². The van der Waals surface area contributed by atoms with Gasteiger partial charge >= 0.3 is 5.97 Å². The van der Waals surface area contributed by atoms with Crippen LogP contribution in [0.25, 0.3) is 0 Å². The minimum atomic E-state index is -0.288. The van der Waals surface area contributed by atoms with E-state index >= 15 is 0 Å². The molecule has 0 aromatic rings. The number of hydrogen-bond donors (Lipinski definition) is 0. The summed E-state index contributed by atoms with van der Waals surface area (Å²) in [6.07, 6.45) is 10.8. The molecular formula is C21H29BrO3. The Morgan fingerprint density at radius 1 is 1.24 bits per heavy atom. The predicted octanol–water partition coefficient (Wildman–Crippen LogP) is 4.83. The van der Waals surface area contributed by atoms with Crippen LogP contribution in [-0.4, -0.2) is 23.2 Å². The second kappa shape index (κ2) is 6.21. The molecule has 4 aliphatic rings. The molecule has 0 aliphatic heterocycles. The lowest BCUT2D eigenvalue weighted by Gasteiger charge is -2.58. The van der Waals surface area contributed by atoms with Crippen LogP contribution in [0.3, 0.4) is 0 Å². The Morgan fingerprint density at radius 3 is 2.80 bits per heavy atom. The van der Waals surface area contributed by atoms with Crippen molar-refractivity contribution in [1.82, 2.24) is 0 Å². The summed E-state index contributed by atoms with van der Waals surface area (Å²) >= 11 is 3.20. The SMILES string of the molecule is C[C@@]12CCC[C@H]1[C@@H]1CCC3=CC(=O)CC(OC(=O)CBr)[C@]3(C)[C@H]1CC2. The van der Waals surface area contributed by atoms with Crippen molar-refractivity contribution in [2.75, 3.05) is 5.33 Å². The van der Waals surface area contributed by atoms with E-state index in [2.05, 4.69) is 29.8 Å². The molecule has 0 spiro atoms. The molecule has 4 aliphatic carbocycles. The van der Waals surface area contributed by atoms with Crippen molar-refractivity contribution in [1.29, 1.82) is 0 Å².